The van der Waals surface area contributed by atoms with Crippen molar-refractivity contribution in [3.8, 4) is 0 Å². The molecule has 4 nitrogen and oxygen atoms in total. The van der Waals surface area contributed by atoms with Crippen LogP contribution in [0.1, 0.15) is 12.6 Å². The maximum absolute atomic E-state index is 4.34. The van der Waals surface area contributed by atoms with Crippen molar-refractivity contribution in [2.75, 3.05) is 27.2 Å². The number of likely N-dealkylation sites (N-methyl/N-ethyl adjacent to an activating group) is 1. The standard InChI is InChI=1S/C10H19BrN4/c1-4-12-8-10-9(11)7-13-15(10)6-5-14(2)3/h7,12H,4-6,8H2,1-3H3. The average Bonchev–Trinajstić information content (AvgIpc) is 2.53. The van der Waals surface area contributed by atoms with E-state index in [-0.39, 0.29) is 0 Å². The summed E-state index contributed by atoms with van der Waals surface area (Å²) < 4.78 is 3.13. The molecular formula is C10H19BrN4. The summed E-state index contributed by atoms with van der Waals surface area (Å²) in [5.74, 6) is 0. The van der Waals surface area contributed by atoms with Gasteiger partial charge in [-0.1, -0.05) is 6.92 Å². The van der Waals surface area contributed by atoms with E-state index in [1.807, 2.05) is 10.9 Å². The number of nitrogens with zero attached hydrogens (tertiary/aromatic N) is 3. The quantitative estimate of drug-likeness (QED) is 0.850. The van der Waals surface area contributed by atoms with E-state index >= 15 is 0 Å². The predicted molar refractivity (Wildman–Crippen MR) is 65.9 cm³/mol. The fourth-order valence-electron chi connectivity index (χ4n) is 1.29. The number of hydrogen-bond acceptors (Lipinski definition) is 3. The van der Waals surface area contributed by atoms with Crippen LogP contribution >= 0.6 is 15.9 Å². The van der Waals surface area contributed by atoms with Crippen LogP contribution < -0.4 is 5.32 Å². The van der Waals surface area contributed by atoms with E-state index in [2.05, 4.69) is 52.3 Å². The molecule has 1 aromatic rings. The zero-order valence-electron chi connectivity index (χ0n) is 9.63. The van der Waals surface area contributed by atoms with E-state index in [0.717, 1.165) is 30.7 Å². The molecule has 0 unspecified atom stereocenters. The molecule has 1 N–H and O–H groups in total. The van der Waals surface area contributed by atoms with Crippen LogP contribution in [0, 0.1) is 0 Å². The Morgan fingerprint density at radius 1 is 1.53 bits per heavy atom. The Hall–Kier alpha value is -0.390. The minimum absolute atomic E-state index is 0.866. The Morgan fingerprint density at radius 3 is 2.87 bits per heavy atom. The SMILES string of the molecule is CCNCc1c(Br)cnn1CCN(C)C. The molecule has 0 aliphatic carbocycles. The lowest BCUT2D eigenvalue weighted by Crippen LogP contribution is -2.22. The number of halogens is 1. The van der Waals surface area contributed by atoms with Gasteiger partial charge in [0.25, 0.3) is 0 Å². The third-order valence-corrected chi connectivity index (χ3v) is 2.86. The van der Waals surface area contributed by atoms with Gasteiger partial charge in [0.1, 0.15) is 0 Å². The van der Waals surface area contributed by atoms with Gasteiger partial charge in [0.2, 0.25) is 0 Å². The maximum Gasteiger partial charge on any atom is 0.0664 e. The molecule has 1 rings (SSSR count). The molecule has 15 heavy (non-hydrogen) atoms. The lowest BCUT2D eigenvalue weighted by atomic mass is 10.4. The second-order valence-electron chi connectivity index (χ2n) is 3.75. The lowest BCUT2D eigenvalue weighted by Gasteiger charge is -2.12. The highest BCUT2D eigenvalue weighted by molar-refractivity contribution is 9.10. The van der Waals surface area contributed by atoms with Gasteiger partial charge in [0, 0.05) is 13.1 Å². The first kappa shape index (κ1) is 12.7. The third kappa shape index (κ3) is 3.93. The van der Waals surface area contributed by atoms with Crippen LogP contribution in [0.4, 0.5) is 0 Å². The summed E-state index contributed by atoms with van der Waals surface area (Å²) in [6.07, 6.45) is 1.86. The van der Waals surface area contributed by atoms with Crippen molar-refractivity contribution >= 4 is 15.9 Å². The fourth-order valence-corrected chi connectivity index (χ4v) is 1.73. The molecule has 1 aromatic heterocycles. The van der Waals surface area contributed by atoms with Crippen molar-refractivity contribution in [3.05, 3.63) is 16.4 Å². The second-order valence-corrected chi connectivity index (χ2v) is 4.60. The van der Waals surface area contributed by atoms with Crippen LogP contribution in [0.15, 0.2) is 10.7 Å². The van der Waals surface area contributed by atoms with Crippen molar-refractivity contribution in [2.24, 2.45) is 0 Å². The van der Waals surface area contributed by atoms with Crippen LogP contribution in [0.5, 0.6) is 0 Å². The molecule has 0 radical (unpaired) electrons. The Labute approximate surface area is 99.8 Å². The predicted octanol–water partition coefficient (Wildman–Crippen LogP) is 1.32. The van der Waals surface area contributed by atoms with Crippen LogP contribution in [-0.4, -0.2) is 41.9 Å². The average molecular weight is 275 g/mol. The number of nitrogens with one attached hydrogen (secondary N) is 1. The van der Waals surface area contributed by atoms with Gasteiger partial charge in [0.15, 0.2) is 0 Å². The third-order valence-electron chi connectivity index (χ3n) is 2.20. The van der Waals surface area contributed by atoms with Crippen LogP contribution in [0.3, 0.4) is 0 Å². The Kier molecular flexibility index (Phi) is 5.28. The summed E-state index contributed by atoms with van der Waals surface area (Å²) in [6, 6.07) is 0. The maximum atomic E-state index is 4.34. The second kappa shape index (κ2) is 6.25. The Morgan fingerprint density at radius 2 is 2.27 bits per heavy atom. The Bertz CT molecular complexity index is 296. The molecule has 0 saturated carbocycles. The molecule has 0 saturated heterocycles. The largest absolute Gasteiger partial charge is 0.311 e. The van der Waals surface area contributed by atoms with E-state index in [9.17, 15) is 0 Å². The highest BCUT2D eigenvalue weighted by Gasteiger charge is 2.07. The summed E-state index contributed by atoms with van der Waals surface area (Å²) in [5, 5.41) is 7.66. The van der Waals surface area contributed by atoms with E-state index in [4.69, 9.17) is 0 Å². The van der Waals surface area contributed by atoms with Crippen molar-refractivity contribution < 1.29 is 0 Å². The minimum atomic E-state index is 0.866. The number of hydrogen-bond donors (Lipinski definition) is 1. The first-order valence-electron chi connectivity index (χ1n) is 5.20. The van der Waals surface area contributed by atoms with Gasteiger partial charge in [0.05, 0.1) is 22.9 Å². The molecule has 0 aromatic carbocycles. The van der Waals surface area contributed by atoms with Gasteiger partial charge in [-0.05, 0) is 36.6 Å². The van der Waals surface area contributed by atoms with E-state index < -0.39 is 0 Å². The fraction of sp³-hybridized carbons (Fsp3) is 0.700. The number of rotatable bonds is 6. The normalized spacial score (nSPS) is 11.3. The van der Waals surface area contributed by atoms with Gasteiger partial charge < -0.3 is 10.2 Å². The lowest BCUT2D eigenvalue weighted by molar-refractivity contribution is 0.368. The molecule has 0 aliphatic rings. The molecule has 1 heterocycles. The van der Waals surface area contributed by atoms with Gasteiger partial charge in [-0.3, -0.25) is 4.68 Å². The highest BCUT2D eigenvalue weighted by Crippen LogP contribution is 2.15. The van der Waals surface area contributed by atoms with E-state index in [1.165, 1.54) is 5.69 Å². The molecule has 0 fully saturated rings. The van der Waals surface area contributed by atoms with Crippen LogP contribution in [0.2, 0.25) is 0 Å². The summed E-state index contributed by atoms with van der Waals surface area (Å²) in [7, 11) is 4.14. The summed E-state index contributed by atoms with van der Waals surface area (Å²) in [6.45, 7) is 5.89. The first-order chi connectivity index (χ1) is 7.15. The molecule has 5 heteroatoms. The van der Waals surface area contributed by atoms with Gasteiger partial charge in [-0.2, -0.15) is 5.10 Å². The van der Waals surface area contributed by atoms with Gasteiger partial charge in [-0.25, -0.2) is 0 Å². The highest BCUT2D eigenvalue weighted by atomic mass is 79.9. The topological polar surface area (TPSA) is 33.1 Å². The monoisotopic (exact) mass is 274 g/mol. The molecule has 0 atom stereocenters. The van der Waals surface area contributed by atoms with Crippen LogP contribution in [-0.2, 0) is 13.1 Å². The first-order valence-corrected chi connectivity index (χ1v) is 6.00. The molecule has 86 valence electrons. The zero-order valence-corrected chi connectivity index (χ0v) is 11.2. The van der Waals surface area contributed by atoms with Crippen LogP contribution in [0.25, 0.3) is 0 Å². The van der Waals surface area contributed by atoms with E-state index in [1.54, 1.807) is 0 Å². The molecule has 0 bridgehead atoms. The molecule has 0 spiro atoms. The minimum Gasteiger partial charge on any atom is -0.311 e. The zero-order chi connectivity index (χ0) is 11.3. The Balaban J connectivity index is 2.61. The van der Waals surface area contributed by atoms with Crippen molar-refractivity contribution in [1.29, 1.82) is 0 Å². The number of aromatic nitrogens is 2. The van der Waals surface area contributed by atoms with Crippen molar-refractivity contribution in [1.82, 2.24) is 20.0 Å². The van der Waals surface area contributed by atoms with Gasteiger partial charge >= 0.3 is 0 Å². The van der Waals surface area contributed by atoms with Gasteiger partial charge in [-0.15, -0.1) is 0 Å². The summed E-state index contributed by atoms with van der Waals surface area (Å²) >= 11 is 3.52. The van der Waals surface area contributed by atoms with Crippen molar-refractivity contribution in [2.45, 2.75) is 20.0 Å². The smallest absolute Gasteiger partial charge is 0.0664 e. The van der Waals surface area contributed by atoms with E-state index in [0.29, 0.717) is 0 Å². The molecule has 0 amide bonds. The molecule has 0 aliphatic heterocycles. The molecular weight excluding hydrogens is 256 g/mol. The summed E-state index contributed by atoms with van der Waals surface area (Å²) in [5.41, 5.74) is 1.22. The van der Waals surface area contributed by atoms with Crippen molar-refractivity contribution in [3.63, 3.8) is 0 Å². The summed E-state index contributed by atoms with van der Waals surface area (Å²) in [4.78, 5) is 2.16.